The van der Waals surface area contributed by atoms with E-state index in [1.54, 1.807) is 6.92 Å². The molecule has 0 spiro atoms. The Kier molecular flexibility index (Phi) is 4.44. The van der Waals surface area contributed by atoms with Gasteiger partial charge < -0.3 is 25.2 Å². The SMILES string of the molecule is CC[C@]1(O)C[C@@H](O)c2c(cc3c(c2O)C(=O)c2c(O)cccc2C3=O)C1C(=O)OC. The van der Waals surface area contributed by atoms with E-state index in [1.807, 2.05) is 0 Å². The van der Waals surface area contributed by atoms with Crippen molar-refractivity contribution in [3.8, 4) is 11.5 Å². The molecule has 0 saturated heterocycles. The molecule has 2 aliphatic carbocycles. The molecule has 0 heterocycles. The van der Waals surface area contributed by atoms with E-state index in [4.69, 9.17) is 4.74 Å². The lowest BCUT2D eigenvalue weighted by Crippen LogP contribution is -2.46. The average Bonchev–Trinajstić information content (AvgIpc) is 2.70. The summed E-state index contributed by atoms with van der Waals surface area (Å²) in [6, 6.07) is 5.30. The number of ketones is 2. The van der Waals surface area contributed by atoms with Gasteiger partial charge >= 0.3 is 5.97 Å². The van der Waals surface area contributed by atoms with Crippen LogP contribution in [0.15, 0.2) is 24.3 Å². The zero-order valence-corrected chi connectivity index (χ0v) is 16.3. The summed E-state index contributed by atoms with van der Waals surface area (Å²) in [4.78, 5) is 38.7. The minimum atomic E-state index is -1.67. The molecule has 8 heteroatoms. The Balaban J connectivity index is 2.05. The normalized spacial score (nSPS) is 24.7. The molecule has 2 aromatic rings. The summed E-state index contributed by atoms with van der Waals surface area (Å²) in [5.41, 5.74) is -2.53. The number of rotatable bonds is 2. The van der Waals surface area contributed by atoms with E-state index in [0.717, 1.165) is 7.11 Å². The number of aromatic hydroxyl groups is 2. The number of carbonyl (C=O) groups is 3. The Labute approximate surface area is 171 Å². The number of esters is 1. The lowest BCUT2D eigenvalue weighted by molar-refractivity contribution is -0.153. The number of phenols is 2. The fourth-order valence-corrected chi connectivity index (χ4v) is 4.60. The summed E-state index contributed by atoms with van der Waals surface area (Å²) in [6.07, 6.45) is -1.55. The highest BCUT2D eigenvalue weighted by atomic mass is 16.5. The van der Waals surface area contributed by atoms with E-state index >= 15 is 0 Å². The van der Waals surface area contributed by atoms with Gasteiger partial charge in [-0.05, 0) is 24.1 Å². The van der Waals surface area contributed by atoms with E-state index in [-0.39, 0.29) is 46.2 Å². The fraction of sp³-hybridized carbons (Fsp3) is 0.318. The molecule has 8 nitrogen and oxygen atoms in total. The largest absolute Gasteiger partial charge is 0.507 e. The number of phenolic OH excluding ortho intramolecular Hbond substituents is 2. The van der Waals surface area contributed by atoms with Gasteiger partial charge in [0.05, 0.1) is 29.9 Å². The van der Waals surface area contributed by atoms with Crippen LogP contribution in [-0.2, 0) is 9.53 Å². The predicted octanol–water partition coefficient (Wildman–Crippen LogP) is 1.71. The Morgan fingerprint density at radius 1 is 1.17 bits per heavy atom. The fourth-order valence-electron chi connectivity index (χ4n) is 4.60. The maximum absolute atomic E-state index is 13.1. The first kappa shape index (κ1) is 20.1. The Morgan fingerprint density at radius 2 is 1.87 bits per heavy atom. The molecule has 3 atom stereocenters. The number of fused-ring (bicyclic) bond motifs is 3. The van der Waals surface area contributed by atoms with Crippen molar-refractivity contribution < 1.29 is 39.5 Å². The molecular formula is C22H20O8. The first-order valence-electron chi connectivity index (χ1n) is 9.45. The molecule has 0 radical (unpaired) electrons. The summed E-state index contributed by atoms with van der Waals surface area (Å²) in [7, 11) is 1.15. The second-order valence-corrected chi connectivity index (χ2v) is 7.64. The maximum atomic E-state index is 13.1. The predicted molar refractivity (Wildman–Crippen MR) is 103 cm³/mol. The van der Waals surface area contributed by atoms with Gasteiger partial charge in [-0.1, -0.05) is 19.1 Å². The van der Waals surface area contributed by atoms with Crippen LogP contribution in [0, 0.1) is 0 Å². The lowest BCUT2D eigenvalue weighted by atomic mass is 9.67. The average molecular weight is 412 g/mol. The Hall–Kier alpha value is -3.23. The second-order valence-electron chi connectivity index (χ2n) is 7.64. The van der Waals surface area contributed by atoms with Crippen molar-refractivity contribution in [1.29, 1.82) is 0 Å². The third-order valence-electron chi connectivity index (χ3n) is 6.14. The van der Waals surface area contributed by atoms with E-state index in [1.165, 1.54) is 24.3 Å². The number of methoxy groups -OCH3 is 1. The zero-order valence-electron chi connectivity index (χ0n) is 16.3. The molecule has 0 aliphatic heterocycles. The number of hydrogen-bond acceptors (Lipinski definition) is 8. The van der Waals surface area contributed by atoms with Gasteiger partial charge in [0, 0.05) is 23.1 Å². The number of benzene rings is 2. The summed E-state index contributed by atoms with van der Waals surface area (Å²) in [5.74, 6) is -4.50. The zero-order chi connectivity index (χ0) is 22.0. The van der Waals surface area contributed by atoms with Crippen molar-refractivity contribution in [1.82, 2.24) is 0 Å². The molecular weight excluding hydrogens is 392 g/mol. The molecule has 0 bridgehead atoms. The van der Waals surface area contributed by atoms with Gasteiger partial charge in [-0.25, -0.2) is 0 Å². The van der Waals surface area contributed by atoms with Crippen LogP contribution >= 0.6 is 0 Å². The van der Waals surface area contributed by atoms with E-state index in [0.29, 0.717) is 0 Å². The molecule has 0 aromatic heterocycles. The van der Waals surface area contributed by atoms with Crippen molar-refractivity contribution >= 4 is 17.5 Å². The monoisotopic (exact) mass is 412 g/mol. The second kappa shape index (κ2) is 6.65. The van der Waals surface area contributed by atoms with Gasteiger partial charge in [0.2, 0.25) is 5.78 Å². The number of aliphatic hydroxyl groups excluding tert-OH is 1. The van der Waals surface area contributed by atoms with Crippen LogP contribution in [0.3, 0.4) is 0 Å². The third-order valence-corrected chi connectivity index (χ3v) is 6.14. The number of aliphatic hydroxyl groups is 2. The van der Waals surface area contributed by atoms with Crippen LogP contribution in [0.25, 0.3) is 0 Å². The quantitative estimate of drug-likeness (QED) is 0.466. The molecule has 30 heavy (non-hydrogen) atoms. The number of ether oxygens (including phenoxy) is 1. The summed E-state index contributed by atoms with van der Waals surface area (Å²) >= 11 is 0. The minimum Gasteiger partial charge on any atom is -0.507 e. The number of carbonyl (C=O) groups excluding carboxylic acids is 3. The molecule has 0 saturated carbocycles. The van der Waals surface area contributed by atoms with Crippen LogP contribution in [-0.4, -0.2) is 50.7 Å². The van der Waals surface area contributed by atoms with Crippen molar-refractivity contribution in [2.75, 3.05) is 7.11 Å². The third kappa shape index (κ3) is 2.50. The standard InChI is InChI=1S/C22H20O8/c1-3-22(29)8-13(24)15-10(17(22)21(28)30-2)7-11-16(20(15)27)19(26)14-9(18(11)25)5-4-6-12(14)23/h4-7,13,17,23-24,27,29H,3,8H2,1-2H3/t13-,17?,22+/m1/s1. The van der Waals surface area contributed by atoms with E-state index in [2.05, 4.69) is 0 Å². The molecule has 4 N–H and O–H groups in total. The Morgan fingerprint density at radius 3 is 2.50 bits per heavy atom. The molecule has 0 fully saturated rings. The number of hydrogen-bond donors (Lipinski definition) is 4. The molecule has 2 aliphatic rings. The highest BCUT2D eigenvalue weighted by Gasteiger charge is 2.51. The topological polar surface area (TPSA) is 141 Å². The van der Waals surface area contributed by atoms with E-state index in [9.17, 15) is 34.8 Å². The van der Waals surface area contributed by atoms with Crippen molar-refractivity contribution in [2.45, 2.75) is 37.4 Å². The van der Waals surface area contributed by atoms with Crippen LogP contribution in [0.4, 0.5) is 0 Å². The maximum Gasteiger partial charge on any atom is 0.316 e. The molecule has 156 valence electrons. The molecule has 4 rings (SSSR count). The first-order chi connectivity index (χ1) is 14.2. The molecule has 1 unspecified atom stereocenters. The van der Waals surface area contributed by atoms with Gasteiger partial charge in [-0.15, -0.1) is 0 Å². The van der Waals surface area contributed by atoms with Crippen molar-refractivity contribution in [2.24, 2.45) is 0 Å². The first-order valence-corrected chi connectivity index (χ1v) is 9.45. The summed E-state index contributed by atoms with van der Waals surface area (Å²) in [5, 5.41) is 42.7. The van der Waals surface area contributed by atoms with Gasteiger partial charge in [-0.3, -0.25) is 14.4 Å². The smallest absolute Gasteiger partial charge is 0.316 e. The summed E-state index contributed by atoms with van der Waals surface area (Å²) in [6.45, 7) is 1.64. The van der Waals surface area contributed by atoms with Gasteiger partial charge in [-0.2, -0.15) is 0 Å². The summed E-state index contributed by atoms with van der Waals surface area (Å²) < 4.78 is 4.84. The van der Waals surface area contributed by atoms with Crippen molar-refractivity contribution in [3.63, 3.8) is 0 Å². The van der Waals surface area contributed by atoms with E-state index < -0.39 is 46.7 Å². The molecule has 0 amide bonds. The Bertz CT molecular complexity index is 1120. The highest BCUT2D eigenvalue weighted by molar-refractivity contribution is 6.30. The highest BCUT2D eigenvalue weighted by Crippen LogP contribution is 2.52. The molecule has 2 aromatic carbocycles. The van der Waals surface area contributed by atoms with Gasteiger partial charge in [0.1, 0.15) is 17.4 Å². The van der Waals surface area contributed by atoms with Crippen LogP contribution in [0.5, 0.6) is 11.5 Å². The van der Waals surface area contributed by atoms with Crippen LogP contribution in [0.1, 0.15) is 74.8 Å². The van der Waals surface area contributed by atoms with Crippen LogP contribution < -0.4 is 0 Å². The lowest BCUT2D eigenvalue weighted by Gasteiger charge is -2.42. The van der Waals surface area contributed by atoms with Crippen molar-refractivity contribution in [3.05, 3.63) is 57.6 Å². The minimum absolute atomic E-state index is 0.0333. The van der Waals surface area contributed by atoms with Gasteiger partial charge in [0.15, 0.2) is 5.78 Å². The van der Waals surface area contributed by atoms with Gasteiger partial charge in [0.25, 0.3) is 0 Å². The van der Waals surface area contributed by atoms with Crippen LogP contribution in [0.2, 0.25) is 0 Å².